The summed E-state index contributed by atoms with van der Waals surface area (Å²) in [7, 11) is -2.91. The molecule has 0 aliphatic heterocycles. The van der Waals surface area contributed by atoms with E-state index in [4.69, 9.17) is 16.3 Å². The molecule has 0 unspecified atom stereocenters. The smallest absolute Gasteiger partial charge is 0.147 e. The number of sulfone groups is 1. The molecular formula is C11H14BrClO3S. The summed E-state index contributed by atoms with van der Waals surface area (Å²) in [6, 6.07) is 5.57. The SMILES string of the molecule is CS(=O)(=O)CCCOc1ccc(Br)cc1CCl. The fourth-order valence-corrected chi connectivity index (χ4v) is 2.56. The molecule has 0 fully saturated rings. The second kappa shape index (κ2) is 6.61. The van der Waals surface area contributed by atoms with Crippen LogP contribution in [0.3, 0.4) is 0 Å². The molecule has 0 aliphatic rings. The largest absolute Gasteiger partial charge is 0.493 e. The van der Waals surface area contributed by atoms with Gasteiger partial charge in [-0.1, -0.05) is 15.9 Å². The fourth-order valence-electron chi connectivity index (χ4n) is 1.30. The highest BCUT2D eigenvalue weighted by Crippen LogP contribution is 2.24. The van der Waals surface area contributed by atoms with Gasteiger partial charge in [-0.05, 0) is 24.6 Å². The van der Waals surface area contributed by atoms with Crippen molar-refractivity contribution in [2.45, 2.75) is 12.3 Å². The molecule has 0 saturated heterocycles. The van der Waals surface area contributed by atoms with Crippen molar-refractivity contribution in [2.24, 2.45) is 0 Å². The van der Waals surface area contributed by atoms with Gasteiger partial charge in [-0.25, -0.2) is 8.42 Å². The van der Waals surface area contributed by atoms with Crippen LogP contribution in [0.15, 0.2) is 22.7 Å². The van der Waals surface area contributed by atoms with E-state index in [1.54, 1.807) is 0 Å². The molecule has 0 bridgehead atoms. The Balaban J connectivity index is 2.52. The molecule has 3 nitrogen and oxygen atoms in total. The summed E-state index contributed by atoms with van der Waals surface area (Å²) >= 11 is 9.14. The molecule has 0 spiro atoms. The van der Waals surface area contributed by atoms with Crippen LogP contribution in [0.2, 0.25) is 0 Å². The van der Waals surface area contributed by atoms with Crippen LogP contribution < -0.4 is 4.74 Å². The maximum atomic E-state index is 10.9. The normalized spacial score (nSPS) is 11.5. The predicted molar refractivity (Wildman–Crippen MR) is 73.5 cm³/mol. The molecule has 0 aromatic heterocycles. The van der Waals surface area contributed by atoms with Gasteiger partial charge in [0.1, 0.15) is 15.6 Å². The van der Waals surface area contributed by atoms with Gasteiger partial charge in [-0.2, -0.15) is 0 Å². The summed E-state index contributed by atoms with van der Waals surface area (Å²) in [5, 5.41) is 0. The maximum absolute atomic E-state index is 10.9. The first kappa shape index (κ1) is 14.8. The fraction of sp³-hybridized carbons (Fsp3) is 0.455. The van der Waals surface area contributed by atoms with Crippen molar-refractivity contribution in [1.29, 1.82) is 0 Å². The van der Waals surface area contributed by atoms with Gasteiger partial charge in [0.2, 0.25) is 0 Å². The molecule has 1 aromatic rings. The average Bonchev–Trinajstić information content (AvgIpc) is 2.24. The number of benzene rings is 1. The second-order valence-corrected chi connectivity index (χ2v) is 7.16. The lowest BCUT2D eigenvalue weighted by atomic mass is 10.2. The number of hydrogen-bond donors (Lipinski definition) is 0. The van der Waals surface area contributed by atoms with Crippen molar-refractivity contribution in [3.05, 3.63) is 28.2 Å². The number of halogens is 2. The molecule has 1 aromatic carbocycles. The Morgan fingerprint density at radius 2 is 2.12 bits per heavy atom. The van der Waals surface area contributed by atoms with E-state index in [2.05, 4.69) is 15.9 Å². The Hall–Kier alpha value is -0.260. The van der Waals surface area contributed by atoms with Crippen LogP contribution in [0.5, 0.6) is 5.75 Å². The average molecular weight is 342 g/mol. The highest BCUT2D eigenvalue weighted by atomic mass is 79.9. The Kier molecular flexibility index (Phi) is 5.76. The van der Waals surface area contributed by atoms with Gasteiger partial charge in [0, 0.05) is 16.3 Å². The third kappa shape index (κ3) is 5.75. The quantitative estimate of drug-likeness (QED) is 0.590. The highest BCUT2D eigenvalue weighted by molar-refractivity contribution is 9.10. The van der Waals surface area contributed by atoms with E-state index in [0.29, 0.717) is 24.7 Å². The number of ether oxygens (including phenoxy) is 1. The lowest BCUT2D eigenvalue weighted by Crippen LogP contribution is -2.08. The van der Waals surface area contributed by atoms with E-state index in [-0.39, 0.29) is 5.75 Å². The van der Waals surface area contributed by atoms with E-state index in [1.165, 1.54) is 6.26 Å². The third-order valence-corrected chi connectivity index (χ3v) is 3.89. The summed E-state index contributed by atoms with van der Waals surface area (Å²) in [5.41, 5.74) is 0.889. The Labute approximate surface area is 115 Å². The van der Waals surface area contributed by atoms with Crippen molar-refractivity contribution in [1.82, 2.24) is 0 Å². The molecule has 0 radical (unpaired) electrons. The first-order chi connectivity index (χ1) is 7.92. The minimum atomic E-state index is -2.91. The van der Waals surface area contributed by atoms with E-state index in [1.807, 2.05) is 18.2 Å². The number of alkyl halides is 1. The van der Waals surface area contributed by atoms with E-state index in [9.17, 15) is 8.42 Å². The first-order valence-electron chi connectivity index (χ1n) is 5.07. The minimum absolute atomic E-state index is 0.139. The van der Waals surface area contributed by atoms with E-state index in [0.717, 1.165) is 10.0 Å². The van der Waals surface area contributed by atoms with Gasteiger partial charge in [-0.3, -0.25) is 0 Å². The monoisotopic (exact) mass is 340 g/mol. The molecule has 0 amide bonds. The topological polar surface area (TPSA) is 43.4 Å². The molecule has 6 heteroatoms. The van der Waals surface area contributed by atoms with Gasteiger partial charge in [-0.15, -0.1) is 11.6 Å². The lowest BCUT2D eigenvalue weighted by Gasteiger charge is -2.10. The Bertz CT molecular complexity index is 474. The second-order valence-electron chi connectivity index (χ2n) is 3.72. The van der Waals surface area contributed by atoms with Gasteiger partial charge in [0.15, 0.2) is 0 Å². The van der Waals surface area contributed by atoms with Crippen molar-refractivity contribution in [3.63, 3.8) is 0 Å². The predicted octanol–water partition coefficient (Wildman–Crippen LogP) is 3.00. The van der Waals surface area contributed by atoms with Crippen molar-refractivity contribution in [2.75, 3.05) is 18.6 Å². The van der Waals surface area contributed by atoms with Gasteiger partial charge >= 0.3 is 0 Å². The minimum Gasteiger partial charge on any atom is -0.493 e. The summed E-state index contributed by atoms with van der Waals surface area (Å²) in [6.07, 6.45) is 1.70. The van der Waals surface area contributed by atoms with Crippen LogP contribution in [0, 0.1) is 0 Å². The zero-order chi connectivity index (χ0) is 12.9. The van der Waals surface area contributed by atoms with Crippen LogP contribution in [-0.4, -0.2) is 27.0 Å². The number of hydrogen-bond acceptors (Lipinski definition) is 3. The van der Waals surface area contributed by atoms with E-state index >= 15 is 0 Å². The maximum Gasteiger partial charge on any atom is 0.147 e. The zero-order valence-corrected chi connectivity index (χ0v) is 12.6. The van der Waals surface area contributed by atoms with Crippen molar-refractivity contribution in [3.8, 4) is 5.75 Å². The van der Waals surface area contributed by atoms with Crippen LogP contribution in [0.25, 0.3) is 0 Å². The first-order valence-corrected chi connectivity index (χ1v) is 8.46. The van der Waals surface area contributed by atoms with Gasteiger partial charge in [0.05, 0.1) is 18.2 Å². The molecular weight excluding hydrogens is 328 g/mol. The Morgan fingerprint density at radius 3 is 2.71 bits per heavy atom. The molecule has 0 atom stereocenters. The molecule has 0 N–H and O–H groups in total. The Morgan fingerprint density at radius 1 is 1.41 bits per heavy atom. The molecule has 0 heterocycles. The van der Waals surface area contributed by atoms with Gasteiger partial charge in [0.25, 0.3) is 0 Å². The molecule has 1 rings (SSSR count). The lowest BCUT2D eigenvalue weighted by molar-refractivity contribution is 0.315. The van der Waals surface area contributed by atoms with Crippen molar-refractivity contribution >= 4 is 37.4 Å². The van der Waals surface area contributed by atoms with E-state index < -0.39 is 9.84 Å². The van der Waals surface area contributed by atoms with Crippen LogP contribution in [0.1, 0.15) is 12.0 Å². The van der Waals surface area contributed by atoms with Crippen molar-refractivity contribution < 1.29 is 13.2 Å². The molecule has 17 heavy (non-hydrogen) atoms. The van der Waals surface area contributed by atoms with Crippen LogP contribution in [0.4, 0.5) is 0 Å². The summed E-state index contributed by atoms with van der Waals surface area (Å²) in [6.45, 7) is 0.374. The summed E-state index contributed by atoms with van der Waals surface area (Å²) in [4.78, 5) is 0. The van der Waals surface area contributed by atoms with Crippen LogP contribution in [-0.2, 0) is 15.7 Å². The highest BCUT2D eigenvalue weighted by Gasteiger charge is 2.05. The van der Waals surface area contributed by atoms with Gasteiger partial charge < -0.3 is 4.74 Å². The molecule has 0 aliphatic carbocycles. The summed E-state index contributed by atoms with van der Waals surface area (Å²) < 4.78 is 28.3. The number of rotatable bonds is 6. The van der Waals surface area contributed by atoms with Crippen LogP contribution >= 0.6 is 27.5 Å². The zero-order valence-electron chi connectivity index (χ0n) is 9.45. The summed E-state index contributed by atoms with van der Waals surface area (Å²) in [5.74, 6) is 1.21. The standard InChI is InChI=1S/C11H14BrClO3S/c1-17(14,15)6-2-5-16-11-4-3-10(12)7-9(11)8-13/h3-4,7H,2,5-6,8H2,1H3. The third-order valence-electron chi connectivity index (χ3n) is 2.08. The molecule has 0 saturated carbocycles. The molecule has 96 valence electrons.